The van der Waals surface area contributed by atoms with E-state index in [1.54, 1.807) is 6.21 Å². The molecule has 1 aliphatic heterocycles. The number of oxime groups is 1. The van der Waals surface area contributed by atoms with Crippen molar-refractivity contribution in [3.63, 3.8) is 0 Å². The molecule has 0 amide bonds. The monoisotopic (exact) mass is 263 g/mol. The average molecular weight is 263 g/mol. The van der Waals surface area contributed by atoms with Gasteiger partial charge in [-0.15, -0.1) is 0 Å². The molecule has 2 aliphatic rings. The summed E-state index contributed by atoms with van der Waals surface area (Å²) in [4.78, 5) is 5.32. The van der Waals surface area contributed by atoms with Crippen molar-refractivity contribution in [3.8, 4) is 0 Å². The van der Waals surface area contributed by atoms with Gasteiger partial charge in [0.25, 0.3) is 0 Å². The third-order valence-electron chi connectivity index (χ3n) is 3.83. The number of hydrogen-bond acceptors (Lipinski definition) is 4. The molecule has 0 aromatic heterocycles. The summed E-state index contributed by atoms with van der Waals surface area (Å²) in [6, 6.07) is 10.0. The van der Waals surface area contributed by atoms with E-state index in [1.807, 2.05) is 30.3 Å². The van der Waals surface area contributed by atoms with Crippen molar-refractivity contribution >= 4 is 28.4 Å². The molecule has 0 bridgehead atoms. The Morgan fingerprint density at radius 3 is 2.90 bits per heavy atom. The molecule has 0 unspecified atom stereocenters. The van der Waals surface area contributed by atoms with E-state index in [4.69, 9.17) is 16.3 Å². The molecule has 4 heteroatoms. The fourth-order valence-corrected chi connectivity index (χ4v) is 2.87. The molecule has 0 spiro atoms. The molecule has 0 saturated heterocycles. The zero-order chi connectivity index (χ0) is 13.7. The smallest absolute Gasteiger partial charge is 0.184 e. The van der Waals surface area contributed by atoms with Crippen LogP contribution in [0.15, 0.2) is 52.9 Å². The van der Waals surface area contributed by atoms with Crippen LogP contribution in [0.25, 0.3) is 16.5 Å². The second-order valence-electron chi connectivity index (χ2n) is 5.03. The molecule has 0 fully saturated rings. The molecular weight excluding hydrogens is 250 g/mol. The Balaban J connectivity index is 2.03. The molecule has 1 heterocycles. The van der Waals surface area contributed by atoms with Crippen LogP contribution in [0.2, 0.25) is 0 Å². The van der Waals surface area contributed by atoms with Crippen molar-refractivity contribution in [1.29, 1.82) is 0 Å². The van der Waals surface area contributed by atoms with E-state index >= 15 is 0 Å². The van der Waals surface area contributed by atoms with Gasteiger partial charge < -0.3 is 16.3 Å². The van der Waals surface area contributed by atoms with Gasteiger partial charge in [-0.3, -0.25) is 0 Å². The highest BCUT2D eigenvalue weighted by atomic mass is 16.6. The van der Waals surface area contributed by atoms with E-state index in [-0.39, 0.29) is 0 Å². The number of allylic oxidation sites excluding steroid dienone is 2. The van der Waals surface area contributed by atoms with Crippen LogP contribution in [0.4, 0.5) is 5.69 Å². The van der Waals surface area contributed by atoms with Crippen molar-refractivity contribution in [2.45, 2.75) is 6.42 Å². The van der Waals surface area contributed by atoms with Gasteiger partial charge in [0, 0.05) is 23.2 Å². The highest BCUT2D eigenvalue weighted by molar-refractivity contribution is 5.94. The van der Waals surface area contributed by atoms with Gasteiger partial charge >= 0.3 is 0 Å². The Morgan fingerprint density at radius 2 is 2.00 bits per heavy atom. The number of benzene rings is 2. The number of nitrogen functional groups attached to an aromatic ring is 1. The van der Waals surface area contributed by atoms with Gasteiger partial charge in [0.1, 0.15) is 0 Å². The summed E-state index contributed by atoms with van der Waals surface area (Å²) in [5, 5.41) is 6.12. The molecule has 2 aromatic rings. The van der Waals surface area contributed by atoms with Gasteiger partial charge in [0.15, 0.2) is 5.76 Å². The zero-order valence-corrected chi connectivity index (χ0v) is 10.8. The maximum absolute atomic E-state index is 6.24. The number of fused-ring (bicyclic) bond motifs is 4. The fourth-order valence-electron chi connectivity index (χ4n) is 2.87. The summed E-state index contributed by atoms with van der Waals surface area (Å²) in [6.45, 7) is 0. The molecule has 4 N–H and O–H groups in total. The standard InChI is InChI=1S/C16H13N3O/c17-11-2-4-12-9(7-11)1-3-13-14(12)8-10-5-6-19-20-16(10)15(13)18/h1-7H,8,17-18H2. The summed E-state index contributed by atoms with van der Waals surface area (Å²) in [5.41, 5.74) is 16.8. The first-order valence-corrected chi connectivity index (χ1v) is 6.45. The van der Waals surface area contributed by atoms with Gasteiger partial charge in [-0.05, 0) is 34.5 Å². The van der Waals surface area contributed by atoms with Crippen molar-refractivity contribution in [1.82, 2.24) is 0 Å². The minimum absolute atomic E-state index is 0.646. The van der Waals surface area contributed by atoms with Crippen LogP contribution < -0.4 is 11.5 Å². The van der Waals surface area contributed by atoms with E-state index < -0.39 is 0 Å². The van der Waals surface area contributed by atoms with Crippen molar-refractivity contribution in [2.75, 3.05) is 5.73 Å². The lowest BCUT2D eigenvalue weighted by molar-refractivity contribution is 0.234. The van der Waals surface area contributed by atoms with E-state index in [0.29, 0.717) is 11.5 Å². The highest BCUT2D eigenvalue weighted by Crippen LogP contribution is 2.37. The number of nitrogens with two attached hydrogens (primary N) is 2. The Kier molecular flexibility index (Phi) is 2.15. The van der Waals surface area contributed by atoms with Gasteiger partial charge in [0.2, 0.25) is 0 Å². The molecule has 0 radical (unpaired) electrons. The minimum Gasteiger partial charge on any atom is -0.399 e. The van der Waals surface area contributed by atoms with Gasteiger partial charge in [0.05, 0.1) is 11.9 Å². The first kappa shape index (κ1) is 11.1. The molecule has 1 aliphatic carbocycles. The molecule has 20 heavy (non-hydrogen) atoms. The third-order valence-corrected chi connectivity index (χ3v) is 3.83. The molecule has 0 atom stereocenters. The predicted molar refractivity (Wildman–Crippen MR) is 80.8 cm³/mol. The summed E-state index contributed by atoms with van der Waals surface area (Å²) in [5.74, 6) is 0.676. The van der Waals surface area contributed by atoms with E-state index in [0.717, 1.165) is 28.6 Å². The molecule has 98 valence electrons. The van der Waals surface area contributed by atoms with Crippen molar-refractivity contribution in [3.05, 3.63) is 58.9 Å². The summed E-state index contributed by atoms with van der Waals surface area (Å²) >= 11 is 0. The first-order valence-electron chi connectivity index (χ1n) is 6.45. The lowest BCUT2D eigenvalue weighted by Crippen LogP contribution is -2.16. The average Bonchev–Trinajstić information content (AvgIpc) is 2.47. The molecule has 0 saturated carbocycles. The lowest BCUT2D eigenvalue weighted by atomic mass is 9.86. The molecular formula is C16H13N3O. The van der Waals surface area contributed by atoms with Crippen LogP contribution in [0.3, 0.4) is 0 Å². The maximum Gasteiger partial charge on any atom is 0.184 e. The summed E-state index contributed by atoms with van der Waals surface area (Å²) in [7, 11) is 0. The predicted octanol–water partition coefficient (Wildman–Crippen LogP) is 2.55. The summed E-state index contributed by atoms with van der Waals surface area (Å²) in [6.07, 6.45) is 4.39. The van der Waals surface area contributed by atoms with Crippen LogP contribution >= 0.6 is 0 Å². The van der Waals surface area contributed by atoms with Crippen LogP contribution in [-0.2, 0) is 11.3 Å². The second-order valence-corrected chi connectivity index (χ2v) is 5.03. The van der Waals surface area contributed by atoms with E-state index in [2.05, 4.69) is 11.2 Å². The quantitative estimate of drug-likeness (QED) is 0.717. The topological polar surface area (TPSA) is 73.6 Å². The van der Waals surface area contributed by atoms with E-state index in [9.17, 15) is 0 Å². The second kappa shape index (κ2) is 3.87. The maximum atomic E-state index is 6.24. The van der Waals surface area contributed by atoms with E-state index in [1.165, 1.54) is 10.9 Å². The van der Waals surface area contributed by atoms with Crippen molar-refractivity contribution < 1.29 is 4.84 Å². The van der Waals surface area contributed by atoms with Crippen LogP contribution in [0.5, 0.6) is 0 Å². The van der Waals surface area contributed by atoms with Crippen molar-refractivity contribution in [2.24, 2.45) is 10.9 Å². The number of anilines is 1. The van der Waals surface area contributed by atoms with Gasteiger partial charge in [-0.1, -0.05) is 23.4 Å². The minimum atomic E-state index is 0.646. The summed E-state index contributed by atoms with van der Waals surface area (Å²) < 4.78 is 0. The molecule has 4 rings (SSSR count). The number of hydrogen-bond donors (Lipinski definition) is 2. The number of rotatable bonds is 0. The third kappa shape index (κ3) is 1.45. The Bertz CT molecular complexity index is 831. The Hall–Kier alpha value is -2.75. The number of nitrogens with zero attached hydrogens (tertiary/aromatic N) is 1. The van der Waals surface area contributed by atoms with Gasteiger partial charge in [-0.2, -0.15) is 0 Å². The zero-order valence-electron chi connectivity index (χ0n) is 10.8. The molecule has 4 nitrogen and oxygen atoms in total. The largest absolute Gasteiger partial charge is 0.399 e. The first-order chi connectivity index (χ1) is 9.74. The Labute approximate surface area is 116 Å². The van der Waals surface area contributed by atoms with Crippen LogP contribution in [-0.4, -0.2) is 6.21 Å². The SMILES string of the molecule is NC1=C2ON=CC=C2Cc2c1ccc1cc(N)ccc21. The lowest BCUT2D eigenvalue weighted by Gasteiger charge is -2.24. The van der Waals surface area contributed by atoms with Crippen LogP contribution in [0, 0.1) is 0 Å². The molecule has 2 aromatic carbocycles. The normalized spacial score (nSPS) is 16.5. The highest BCUT2D eigenvalue weighted by Gasteiger charge is 2.25. The van der Waals surface area contributed by atoms with Crippen LogP contribution in [0.1, 0.15) is 11.1 Å². The fraction of sp³-hybridized carbons (Fsp3) is 0.0625. The Morgan fingerprint density at radius 1 is 1.10 bits per heavy atom. The van der Waals surface area contributed by atoms with Gasteiger partial charge in [-0.25, -0.2) is 0 Å².